The van der Waals surface area contributed by atoms with Gasteiger partial charge in [-0.15, -0.1) is 0 Å². The summed E-state index contributed by atoms with van der Waals surface area (Å²) in [5, 5.41) is 0. The molecule has 2 aromatic rings. The number of likely N-dealkylation sites (tertiary alicyclic amines) is 1. The second-order valence-corrected chi connectivity index (χ2v) is 6.93. The zero-order valence-electron chi connectivity index (χ0n) is 14.6. The third-order valence-corrected chi connectivity index (χ3v) is 5.41. The number of hydrogen-bond acceptors (Lipinski definition) is 4. The summed E-state index contributed by atoms with van der Waals surface area (Å²) in [7, 11) is 0. The lowest BCUT2D eigenvalue weighted by molar-refractivity contribution is -0.129. The van der Waals surface area contributed by atoms with E-state index in [-0.39, 0.29) is 5.91 Å². The van der Waals surface area contributed by atoms with E-state index in [1.807, 2.05) is 42.6 Å². The molecule has 1 aromatic carbocycles. The smallest absolute Gasteiger partial charge is 0.219 e. The minimum atomic E-state index is 0.196. The molecule has 0 saturated carbocycles. The molecule has 0 unspecified atom stereocenters. The van der Waals surface area contributed by atoms with E-state index in [1.165, 1.54) is 0 Å². The number of carbonyl (C=O) groups is 1. The molecule has 5 heteroatoms. The topological polar surface area (TPSA) is 49.3 Å². The van der Waals surface area contributed by atoms with E-state index in [0.29, 0.717) is 12.1 Å². The first-order valence-electron chi connectivity index (χ1n) is 9.16. The van der Waals surface area contributed by atoms with Gasteiger partial charge < -0.3 is 9.80 Å². The van der Waals surface area contributed by atoms with Gasteiger partial charge in [0.15, 0.2) is 5.82 Å². The SMILES string of the molecule is CC(=O)N1CCC[C@@H]1[C@@H]1CCCN1c1ccnc(-c2ccccc2)n1. The van der Waals surface area contributed by atoms with Gasteiger partial charge in [0.1, 0.15) is 5.82 Å². The normalized spacial score (nSPS) is 23.2. The number of amides is 1. The van der Waals surface area contributed by atoms with Crippen LogP contribution in [0.3, 0.4) is 0 Å². The maximum Gasteiger partial charge on any atom is 0.219 e. The third kappa shape index (κ3) is 3.11. The van der Waals surface area contributed by atoms with Crippen LogP contribution in [0.1, 0.15) is 32.6 Å². The monoisotopic (exact) mass is 336 g/mol. The lowest BCUT2D eigenvalue weighted by atomic mass is 10.0. The molecule has 2 aliphatic rings. The van der Waals surface area contributed by atoms with Crippen LogP contribution in [-0.2, 0) is 4.79 Å². The standard InChI is InChI=1S/C20H24N4O/c1-15(25)23-13-5-9-17(23)18-10-6-14-24(18)19-11-12-21-20(22-19)16-7-3-2-4-8-16/h2-4,7-8,11-12,17-18H,5-6,9-10,13-14H2,1H3/t17-,18+/m1/s1. The highest BCUT2D eigenvalue weighted by molar-refractivity contribution is 5.74. The van der Waals surface area contributed by atoms with Crippen molar-refractivity contribution >= 4 is 11.7 Å². The molecule has 0 radical (unpaired) electrons. The quantitative estimate of drug-likeness (QED) is 0.864. The molecular weight excluding hydrogens is 312 g/mol. The van der Waals surface area contributed by atoms with Gasteiger partial charge in [-0.3, -0.25) is 4.79 Å². The van der Waals surface area contributed by atoms with Gasteiger partial charge in [0, 0.05) is 31.8 Å². The number of aromatic nitrogens is 2. The zero-order valence-corrected chi connectivity index (χ0v) is 14.6. The van der Waals surface area contributed by atoms with Gasteiger partial charge in [-0.25, -0.2) is 9.97 Å². The summed E-state index contributed by atoms with van der Waals surface area (Å²) in [5.41, 5.74) is 1.03. The van der Waals surface area contributed by atoms with Crippen molar-refractivity contribution in [2.75, 3.05) is 18.0 Å². The van der Waals surface area contributed by atoms with Crippen LogP contribution in [0.25, 0.3) is 11.4 Å². The number of nitrogens with zero attached hydrogens (tertiary/aromatic N) is 4. The molecule has 25 heavy (non-hydrogen) atoms. The van der Waals surface area contributed by atoms with Crippen LogP contribution in [-0.4, -0.2) is 45.9 Å². The fourth-order valence-electron chi connectivity index (χ4n) is 4.30. The molecule has 2 saturated heterocycles. The summed E-state index contributed by atoms with van der Waals surface area (Å²) in [6.07, 6.45) is 6.32. The summed E-state index contributed by atoms with van der Waals surface area (Å²) in [5.74, 6) is 1.94. The van der Waals surface area contributed by atoms with E-state index >= 15 is 0 Å². The van der Waals surface area contributed by atoms with Gasteiger partial charge in [0.05, 0.1) is 12.1 Å². The molecule has 5 nitrogen and oxygen atoms in total. The van der Waals surface area contributed by atoms with E-state index in [2.05, 4.69) is 14.8 Å². The highest BCUT2D eigenvalue weighted by Gasteiger charge is 2.39. The van der Waals surface area contributed by atoms with Crippen molar-refractivity contribution in [1.82, 2.24) is 14.9 Å². The highest BCUT2D eigenvalue weighted by atomic mass is 16.2. The van der Waals surface area contributed by atoms with Crippen molar-refractivity contribution in [3.8, 4) is 11.4 Å². The van der Waals surface area contributed by atoms with Crippen LogP contribution < -0.4 is 4.90 Å². The van der Waals surface area contributed by atoms with Crippen molar-refractivity contribution in [2.45, 2.75) is 44.7 Å². The Morgan fingerprint density at radius 3 is 2.60 bits per heavy atom. The minimum absolute atomic E-state index is 0.196. The molecule has 4 rings (SSSR count). The van der Waals surface area contributed by atoms with Gasteiger partial charge in [-0.1, -0.05) is 30.3 Å². The van der Waals surface area contributed by atoms with Gasteiger partial charge in [-0.2, -0.15) is 0 Å². The first kappa shape index (κ1) is 16.1. The van der Waals surface area contributed by atoms with Crippen LogP contribution in [0, 0.1) is 0 Å². The Kier molecular flexibility index (Phi) is 4.38. The molecule has 1 amide bonds. The summed E-state index contributed by atoms with van der Waals surface area (Å²) in [6, 6.07) is 12.8. The predicted molar refractivity (Wildman–Crippen MR) is 98.2 cm³/mol. The van der Waals surface area contributed by atoms with E-state index in [4.69, 9.17) is 4.98 Å². The van der Waals surface area contributed by atoms with Crippen molar-refractivity contribution in [1.29, 1.82) is 0 Å². The van der Waals surface area contributed by atoms with Crippen molar-refractivity contribution < 1.29 is 4.79 Å². The molecular formula is C20H24N4O. The van der Waals surface area contributed by atoms with Gasteiger partial charge >= 0.3 is 0 Å². The summed E-state index contributed by atoms with van der Waals surface area (Å²) >= 11 is 0. The van der Waals surface area contributed by atoms with Crippen LogP contribution in [0.15, 0.2) is 42.6 Å². The fraction of sp³-hybridized carbons (Fsp3) is 0.450. The largest absolute Gasteiger partial charge is 0.351 e. The summed E-state index contributed by atoms with van der Waals surface area (Å²) in [6.45, 7) is 3.58. The second-order valence-electron chi connectivity index (χ2n) is 6.93. The first-order valence-corrected chi connectivity index (χ1v) is 9.16. The Morgan fingerprint density at radius 2 is 1.80 bits per heavy atom. The zero-order chi connectivity index (χ0) is 17.2. The molecule has 2 aliphatic heterocycles. The van der Waals surface area contributed by atoms with E-state index < -0.39 is 0 Å². The summed E-state index contributed by atoms with van der Waals surface area (Å²) in [4.78, 5) is 25.7. The average molecular weight is 336 g/mol. The Hall–Kier alpha value is -2.43. The second kappa shape index (κ2) is 6.82. The van der Waals surface area contributed by atoms with Crippen LogP contribution in [0.2, 0.25) is 0 Å². The third-order valence-electron chi connectivity index (χ3n) is 5.41. The predicted octanol–water partition coefficient (Wildman–Crippen LogP) is 3.12. The molecule has 0 spiro atoms. The molecule has 3 heterocycles. The first-order chi connectivity index (χ1) is 12.2. The average Bonchev–Trinajstić information content (AvgIpc) is 3.31. The molecule has 2 atom stereocenters. The molecule has 130 valence electrons. The van der Waals surface area contributed by atoms with Crippen molar-refractivity contribution in [3.63, 3.8) is 0 Å². The van der Waals surface area contributed by atoms with Gasteiger partial charge in [0.25, 0.3) is 0 Å². The number of rotatable bonds is 3. The van der Waals surface area contributed by atoms with E-state index in [0.717, 1.165) is 56.0 Å². The fourth-order valence-corrected chi connectivity index (χ4v) is 4.30. The molecule has 1 aromatic heterocycles. The Labute approximate surface area is 148 Å². The maximum absolute atomic E-state index is 12.0. The van der Waals surface area contributed by atoms with Crippen LogP contribution in [0.5, 0.6) is 0 Å². The van der Waals surface area contributed by atoms with Crippen LogP contribution in [0.4, 0.5) is 5.82 Å². The van der Waals surface area contributed by atoms with Crippen molar-refractivity contribution in [3.05, 3.63) is 42.6 Å². The maximum atomic E-state index is 12.0. The van der Waals surface area contributed by atoms with E-state index in [1.54, 1.807) is 6.92 Å². The highest BCUT2D eigenvalue weighted by Crippen LogP contribution is 2.33. The number of anilines is 1. The van der Waals surface area contributed by atoms with E-state index in [9.17, 15) is 4.79 Å². The van der Waals surface area contributed by atoms with Crippen LogP contribution >= 0.6 is 0 Å². The lowest BCUT2D eigenvalue weighted by Crippen LogP contribution is -2.48. The Morgan fingerprint density at radius 1 is 1.04 bits per heavy atom. The molecule has 2 fully saturated rings. The van der Waals surface area contributed by atoms with Crippen molar-refractivity contribution in [2.24, 2.45) is 0 Å². The number of hydrogen-bond donors (Lipinski definition) is 0. The molecule has 0 bridgehead atoms. The number of carbonyl (C=O) groups excluding carboxylic acids is 1. The number of benzene rings is 1. The molecule has 0 N–H and O–H groups in total. The Bertz CT molecular complexity index is 748. The molecule has 0 aliphatic carbocycles. The minimum Gasteiger partial charge on any atom is -0.351 e. The lowest BCUT2D eigenvalue weighted by Gasteiger charge is -2.35. The van der Waals surface area contributed by atoms with Gasteiger partial charge in [-0.05, 0) is 31.7 Å². The summed E-state index contributed by atoms with van der Waals surface area (Å²) < 4.78 is 0. The van der Waals surface area contributed by atoms with Gasteiger partial charge in [0.2, 0.25) is 5.91 Å². The Balaban J connectivity index is 1.62.